The molecule has 0 saturated carbocycles. The number of rotatable bonds is 6. The van der Waals surface area contributed by atoms with Crippen molar-refractivity contribution < 1.29 is 9.53 Å². The average molecular weight is 271 g/mol. The Morgan fingerprint density at radius 1 is 1.35 bits per heavy atom. The van der Waals surface area contributed by atoms with Crippen LogP contribution in [0.4, 0.5) is 0 Å². The van der Waals surface area contributed by atoms with Gasteiger partial charge in [0.1, 0.15) is 5.75 Å². The van der Waals surface area contributed by atoms with Crippen LogP contribution in [0.25, 0.3) is 0 Å². The van der Waals surface area contributed by atoms with Gasteiger partial charge in [-0.25, -0.2) is 5.43 Å². The fourth-order valence-electron chi connectivity index (χ4n) is 1.57. The molecule has 2 aromatic rings. The molecule has 1 amide bonds. The number of aromatic nitrogens is 1. The number of carbonyl (C=O) groups is 1. The van der Waals surface area contributed by atoms with Gasteiger partial charge in [-0.15, -0.1) is 0 Å². The number of carbonyl (C=O) groups excluding carboxylic acids is 1. The van der Waals surface area contributed by atoms with Crippen LogP contribution in [0.15, 0.2) is 47.7 Å². The van der Waals surface area contributed by atoms with Crippen LogP contribution in [0.5, 0.6) is 5.75 Å². The number of H-pyrrole nitrogens is 1. The molecular formula is C15H17N3O2. The van der Waals surface area contributed by atoms with Gasteiger partial charge < -0.3 is 9.72 Å². The predicted molar refractivity (Wildman–Crippen MR) is 78.1 cm³/mol. The first-order chi connectivity index (χ1) is 9.79. The molecule has 2 N–H and O–H groups in total. The van der Waals surface area contributed by atoms with E-state index in [1.807, 2.05) is 19.1 Å². The lowest BCUT2D eigenvalue weighted by Crippen LogP contribution is -2.17. The van der Waals surface area contributed by atoms with Crippen molar-refractivity contribution in [2.45, 2.75) is 13.3 Å². The zero-order chi connectivity index (χ0) is 14.2. The van der Waals surface area contributed by atoms with Crippen LogP contribution in [0.3, 0.4) is 0 Å². The maximum atomic E-state index is 11.8. The second-order valence-electron chi connectivity index (χ2n) is 4.20. The molecule has 0 atom stereocenters. The van der Waals surface area contributed by atoms with Crippen molar-refractivity contribution in [3.8, 4) is 5.75 Å². The van der Waals surface area contributed by atoms with Crippen LogP contribution < -0.4 is 10.2 Å². The molecule has 20 heavy (non-hydrogen) atoms. The van der Waals surface area contributed by atoms with Gasteiger partial charge in [0, 0.05) is 11.8 Å². The monoisotopic (exact) mass is 271 g/mol. The number of hydrazone groups is 1. The number of hydrogen-bond acceptors (Lipinski definition) is 3. The molecule has 0 aliphatic carbocycles. The zero-order valence-corrected chi connectivity index (χ0v) is 11.3. The van der Waals surface area contributed by atoms with Crippen molar-refractivity contribution in [1.82, 2.24) is 10.4 Å². The summed E-state index contributed by atoms with van der Waals surface area (Å²) in [5, 5.41) is 3.88. The Hall–Kier alpha value is -2.56. The Kier molecular flexibility index (Phi) is 4.94. The van der Waals surface area contributed by atoms with Crippen molar-refractivity contribution in [2.24, 2.45) is 5.10 Å². The SMILES string of the molecule is CCCOc1ccc(C(=O)N/N=C/c2ccc[nH]2)cc1. The van der Waals surface area contributed by atoms with E-state index in [0.29, 0.717) is 12.2 Å². The average Bonchev–Trinajstić information content (AvgIpc) is 2.99. The number of ether oxygens (including phenoxy) is 1. The third-order valence-corrected chi connectivity index (χ3v) is 2.58. The van der Waals surface area contributed by atoms with Gasteiger partial charge >= 0.3 is 0 Å². The molecule has 104 valence electrons. The van der Waals surface area contributed by atoms with E-state index in [0.717, 1.165) is 17.9 Å². The normalized spacial score (nSPS) is 10.7. The summed E-state index contributed by atoms with van der Waals surface area (Å²) in [6, 6.07) is 10.7. The fourth-order valence-corrected chi connectivity index (χ4v) is 1.57. The van der Waals surface area contributed by atoms with Crippen LogP contribution in [-0.4, -0.2) is 23.7 Å². The highest BCUT2D eigenvalue weighted by Gasteiger charge is 2.04. The van der Waals surface area contributed by atoms with Crippen LogP contribution in [-0.2, 0) is 0 Å². The summed E-state index contributed by atoms with van der Waals surface area (Å²) < 4.78 is 5.45. The molecule has 5 nitrogen and oxygen atoms in total. The van der Waals surface area contributed by atoms with Gasteiger partial charge in [0.25, 0.3) is 5.91 Å². The molecule has 0 fully saturated rings. The smallest absolute Gasteiger partial charge is 0.271 e. The molecule has 0 spiro atoms. The third-order valence-electron chi connectivity index (χ3n) is 2.58. The quantitative estimate of drug-likeness (QED) is 0.626. The number of nitrogens with one attached hydrogen (secondary N) is 2. The second kappa shape index (κ2) is 7.13. The Labute approximate surface area is 117 Å². The van der Waals surface area contributed by atoms with Gasteiger partial charge in [0.05, 0.1) is 18.5 Å². The van der Waals surface area contributed by atoms with Crippen molar-refractivity contribution >= 4 is 12.1 Å². The summed E-state index contributed by atoms with van der Waals surface area (Å²) in [4.78, 5) is 14.8. The van der Waals surface area contributed by atoms with Gasteiger partial charge in [-0.05, 0) is 42.8 Å². The molecule has 0 aliphatic heterocycles. The summed E-state index contributed by atoms with van der Waals surface area (Å²) in [5.41, 5.74) is 3.84. The topological polar surface area (TPSA) is 66.5 Å². The lowest BCUT2D eigenvalue weighted by molar-refractivity contribution is 0.0955. The zero-order valence-electron chi connectivity index (χ0n) is 11.3. The largest absolute Gasteiger partial charge is 0.494 e. The van der Waals surface area contributed by atoms with Crippen LogP contribution in [0, 0.1) is 0 Å². The number of aromatic amines is 1. The number of benzene rings is 1. The lowest BCUT2D eigenvalue weighted by atomic mass is 10.2. The lowest BCUT2D eigenvalue weighted by Gasteiger charge is -2.05. The van der Waals surface area contributed by atoms with E-state index < -0.39 is 0 Å². The van der Waals surface area contributed by atoms with E-state index in [2.05, 4.69) is 15.5 Å². The first kappa shape index (κ1) is 13.9. The first-order valence-corrected chi connectivity index (χ1v) is 6.49. The van der Waals surface area contributed by atoms with E-state index in [9.17, 15) is 4.79 Å². The van der Waals surface area contributed by atoms with Crippen molar-refractivity contribution in [3.63, 3.8) is 0 Å². The second-order valence-corrected chi connectivity index (χ2v) is 4.20. The van der Waals surface area contributed by atoms with Crippen molar-refractivity contribution in [2.75, 3.05) is 6.61 Å². The highest BCUT2D eigenvalue weighted by atomic mass is 16.5. The molecule has 0 aliphatic rings. The van der Waals surface area contributed by atoms with Crippen molar-refractivity contribution in [1.29, 1.82) is 0 Å². The Morgan fingerprint density at radius 2 is 2.15 bits per heavy atom. The maximum Gasteiger partial charge on any atom is 0.271 e. The summed E-state index contributed by atoms with van der Waals surface area (Å²) >= 11 is 0. The molecule has 1 aromatic carbocycles. The molecule has 5 heteroatoms. The minimum absolute atomic E-state index is 0.255. The Bertz CT molecular complexity index is 559. The summed E-state index contributed by atoms with van der Waals surface area (Å²) in [5.74, 6) is 0.508. The molecule has 1 aromatic heterocycles. The molecule has 1 heterocycles. The van der Waals surface area contributed by atoms with E-state index in [4.69, 9.17) is 4.74 Å². The Balaban J connectivity index is 1.89. The molecule has 0 radical (unpaired) electrons. The summed E-state index contributed by atoms with van der Waals surface area (Å²) in [6.07, 6.45) is 4.30. The van der Waals surface area contributed by atoms with Crippen LogP contribution in [0.2, 0.25) is 0 Å². The maximum absolute atomic E-state index is 11.8. The van der Waals surface area contributed by atoms with Crippen LogP contribution >= 0.6 is 0 Å². The Morgan fingerprint density at radius 3 is 2.80 bits per heavy atom. The molecule has 0 saturated heterocycles. The molecule has 0 bridgehead atoms. The predicted octanol–water partition coefficient (Wildman–Crippen LogP) is 2.57. The molecular weight excluding hydrogens is 254 g/mol. The standard InChI is InChI=1S/C15H17N3O2/c1-2-10-20-14-7-5-12(6-8-14)15(19)18-17-11-13-4-3-9-16-13/h3-9,11,16H,2,10H2,1H3,(H,18,19)/b17-11+. The van der Waals surface area contributed by atoms with E-state index >= 15 is 0 Å². The molecule has 2 rings (SSSR count). The summed E-state index contributed by atoms with van der Waals surface area (Å²) in [7, 11) is 0. The number of nitrogens with zero attached hydrogens (tertiary/aromatic N) is 1. The number of amides is 1. The highest BCUT2D eigenvalue weighted by Crippen LogP contribution is 2.12. The third kappa shape index (κ3) is 3.98. The fraction of sp³-hybridized carbons (Fsp3) is 0.200. The minimum Gasteiger partial charge on any atom is -0.494 e. The van der Waals surface area contributed by atoms with Crippen LogP contribution in [0.1, 0.15) is 29.4 Å². The van der Waals surface area contributed by atoms with Gasteiger partial charge in [0.15, 0.2) is 0 Å². The number of hydrogen-bond donors (Lipinski definition) is 2. The van der Waals surface area contributed by atoms with E-state index in [1.165, 1.54) is 0 Å². The van der Waals surface area contributed by atoms with E-state index in [-0.39, 0.29) is 5.91 Å². The first-order valence-electron chi connectivity index (χ1n) is 6.49. The van der Waals surface area contributed by atoms with Gasteiger partial charge in [0.2, 0.25) is 0 Å². The van der Waals surface area contributed by atoms with Crippen molar-refractivity contribution in [3.05, 3.63) is 53.9 Å². The highest BCUT2D eigenvalue weighted by molar-refractivity contribution is 5.94. The summed E-state index contributed by atoms with van der Waals surface area (Å²) in [6.45, 7) is 2.72. The molecule has 0 unspecified atom stereocenters. The van der Waals surface area contributed by atoms with Gasteiger partial charge in [-0.1, -0.05) is 6.92 Å². The van der Waals surface area contributed by atoms with E-state index in [1.54, 1.807) is 36.7 Å². The van der Waals surface area contributed by atoms with Gasteiger partial charge in [-0.2, -0.15) is 5.10 Å². The minimum atomic E-state index is -0.255. The van der Waals surface area contributed by atoms with Gasteiger partial charge in [-0.3, -0.25) is 4.79 Å².